The van der Waals surface area contributed by atoms with E-state index < -0.39 is 11.5 Å². The van der Waals surface area contributed by atoms with Crippen LogP contribution in [0.5, 0.6) is 0 Å². The molecule has 0 aliphatic carbocycles. The number of hydrogen-bond acceptors (Lipinski definition) is 3. The molecule has 0 aromatic rings. The van der Waals surface area contributed by atoms with Crippen LogP contribution in [-0.4, -0.2) is 40.5 Å². The first-order chi connectivity index (χ1) is 8.26. The zero-order valence-corrected chi connectivity index (χ0v) is 11.5. The van der Waals surface area contributed by atoms with E-state index in [1.165, 1.54) is 0 Å². The lowest BCUT2D eigenvalue weighted by molar-refractivity contribution is -0.147. The lowest BCUT2D eigenvalue weighted by Crippen LogP contribution is -2.53. The molecule has 0 unspecified atom stereocenters. The average molecular weight is 256 g/mol. The summed E-state index contributed by atoms with van der Waals surface area (Å²) in [6.07, 6.45) is 1.00. The first kappa shape index (κ1) is 15.0. The summed E-state index contributed by atoms with van der Waals surface area (Å²) in [5, 5.41) is 9.91. The second kappa shape index (κ2) is 5.69. The average Bonchev–Trinajstić information content (AvgIpc) is 2.29. The summed E-state index contributed by atoms with van der Waals surface area (Å²) in [7, 11) is 0. The van der Waals surface area contributed by atoms with Crippen molar-refractivity contribution in [2.75, 3.05) is 13.1 Å². The number of nitrogens with two attached hydrogens (primary N) is 1. The molecule has 1 heterocycles. The van der Waals surface area contributed by atoms with Crippen molar-refractivity contribution in [3.05, 3.63) is 0 Å². The summed E-state index contributed by atoms with van der Waals surface area (Å²) in [5.74, 6) is 0.226. The highest BCUT2D eigenvalue weighted by atomic mass is 16.3. The molecule has 0 spiro atoms. The Morgan fingerprint density at radius 3 is 2.17 bits per heavy atom. The number of primary amides is 1. The van der Waals surface area contributed by atoms with E-state index in [4.69, 9.17) is 5.73 Å². The Labute approximate surface area is 108 Å². The van der Waals surface area contributed by atoms with Gasteiger partial charge in [0.2, 0.25) is 11.8 Å². The van der Waals surface area contributed by atoms with Crippen molar-refractivity contribution in [2.45, 2.75) is 45.6 Å². The number of likely N-dealkylation sites (tertiary alicyclic amines) is 1. The molecule has 0 saturated carbocycles. The molecule has 5 nitrogen and oxygen atoms in total. The van der Waals surface area contributed by atoms with Crippen LogP contribution in [0.4, 0.5) is 0 Å². The highest BCUT2D eigenvalue weighted by Crippen LogP contribution is 2.23. The van der Waals surface area contributed by atoms with Crippen molar-refractivity contribution in [2.24, 2.45) is 17.6 Å². The molecule has 0 aromatic heterocycles. The van der Waals surface area contributed by atoms with Gasteiger partial charge < -0.3 is 15.7 Å². The summed E-state index contributed by atoms with van der Waals surface area (Å²) >= 11 is 0. The van der Waals surface area contributed by atoms with Crippen LogP contribution in [0.1, 0.15) is 40.0 Å². The third kappa shape index (κ3) is 3.45. The molecule has 1 fully saturated rings. The minimum atomic E-state index is -1.43. The highest BCUT2D eigenvalue weighted by Gasteiger charge is 2.38. The van der Waals surface area contributed by atoms with Crippen molar-refractivity contribution < 1.29 is 14.7 Å². The first-order valence-electron chi connectivity index (χ1n) is 6.56. The Morgan fingerprint density at radius 1 is 1.28 bits per heavy atom. The Balaban J connectivity index is 2.48. The normalized spacial score (nSPS) is 20.8. The van der Waals surface area contributed by atoms with E-state index in [0.29, 0.717) is 31.3 Å². The summed E-state index contributed by atoms with van der Waals surface area (Å²) in [6, 6.07) is 0. The predicted molar refractivity (Wildman–Crippen MR) is 68.6 cm³/mol. The third-order valence-corrected chi connectivity index (χ3v) is 4.04. The molecule has 1 aliphatic rings. The fraction of sp³-hybridized carbons (Fsp3) is 0.846. The van der Waals surface area contributed by atoms with Gasteiger partial charge in [0.15, 0.2) is 0 Å². The van der Waals surface area contributed by atoms with E-state index in [1.807, 2.05) is 0 Å². The fourth-order valence-electron chi connectivity index (χ4n) is 2.01. The van der Waals surface area contributed by atoms with E-state index in [0.717, 1.165) is 0 Å². The van der Waals surface area contributed by atoms with Crippen molar-refractivity contribution in [3.63, 3.8) is 0 Å². The maximum absolute atomic E-state index is 12.0. The van der Waals surface area contributed by atoms with Gasteiger partial charge in [-0.3, -0.25) is 9.59 Å². The Morgan fingerprint density at radius 2 is 1.78 bits per heavy atom. The maximum atomic E-state index is 12.0. The number of carbonyl (C=O) groups is 2. The molecule has 104 valence electrons. The minimum Gasteiger partial charge on any atom is -0.380 e. The van der Waals surface area contributed by atoms with Crippen molar-refractivity contribution in [1.82, 2.24) is 4.90 Å². The largest absolute Gasteiger partial charge is 0.380 e. The fourth-order valence-corrected chi connectivity index (χ4v) is 2.01. The SMILES string of the molecule is CC(C)[C@@H](C)CC(=O)N1CCC(O)(C(N)=O)CC1. The molecule has 1 saturated heterocycles. The van der Waals surface area contributed by atoms with E-state index in [2.05, 4.69) is 20.8 Å². The van der Waals surface area contributed by atoms with Gasteiger partial charge in [-0.25, -0.2) is 0 Å². The van der Waals surface area contributed by atoms with E-state index in [1.54, 1.807) is 4.90 Å². The summed E-state index contributed by atoms with van der Waals surface area (Å²) < 4.78 is 0. The molecular formula is C13H24N2O3. The highest BCUT2D eigenvalue weighted by molar-refractivity contribution is 5.84. The zero-order valence-electron chi connectivity index (χ0n) is 11.5. The molecule has 0 aromatic carbocycles. The van der Waals surface area contributed by atoms with Crippen molar-refractivity contribution >= 4 is 11.8 Å². The number of amides is 2. The van der Waals surface area contributed by atoms with Crippen molar-refractivity contribution in [3.8, 4) is 0 Å². The van der Waals surface area contributed by atoms with Crippen molar-refractivity contribution in [1.29, 1.82) is 0 Å². The molecule has 3 N–H and O–H groups in total. The van der Waals surface area contributed by atoms with Gasteiger partial charge in [0, 0.05) is 32.4 Å². The Hall–Kier alpha value is -1.10. The van der Waals surface area contributed by atoms with Gasteiger partial charge >= 0.3 is 0 Å². The minimum absolute atomic E-state index is 0.0997. The van der Waals surface area contributed by atoms with Crippen LogP contribution in [0.25, 0.3) is 0 Å². The number of piperidine rings is 1. The molecule has 1 aliphatic heterocycles. The van der Waals surface area contributed by atoms with Crippen LogP contribution in [0, 0.1) is 11.8 Å². The van der Waals surface area contributed by atoms with Gasteiger partial charge in [0.05, 0.1) is 0 Å². The maximum Gasteiger partial charge on any atom is 0.249 e. The van der Waals surface area contributed by atoms with Gasteiger partial charge in [-0.05, 0) is 11.8 Å². The number of hydrogen-bond donors (Lipinski definition) is 2. The quantitative estimate of drug-likeness (QED) is 0.768. The summed E-state index contributed by atoms with van der Waals surface area (Å²) in [4.78, 5) is 24.8. The van der Waals surface area contributed by atoms with Crippen LogP contribution in [0.3, 0.4) is 0 Å². The standard InChI is InChI=1S/C13H24N2O3/c1-9(2)10(3)8-11(16)15-6-4-13(18,5-7-15)12(14)17/h9-10,18H,4-8H2,1-3H3,(H2,14,17)/t10-/m0/s1. The lowest BCUT2D eigenvalue weighted by Gasteiger charge is -2.36. The van der Waals surface area contributed by atoms with Gasteiger partial charge in [0.25, 0.3) is 0 Å². The topological polar surface area (TPSA) is 83.6 Å². The third-order valence-electron chi connectivity index (χ3n) is 4.04. The molecule has 1 rings (SSSR count). The van der Waals surface area contributed by atoms with Crippen LogP contribution in [0.15, 0.2) is 0 Å². The monoisotopic (exact) mass is 256 g/mol. The number of aliphatic hydroxyl groups is 1. The first-order valence-corrected chi connectivity index (χ1v) is 6.56. The van der Waals surface area contributed by atoms with Gasteiger partial charge in [-0.2, -0.15) is 0 Å². The van der Waals surface area contributed by atoms with Gasteiger partial charge in [-0.1, -0.05) is 20.8 Å². The second-order valence-corrected chi connectivity index (χ2v) is 5.70. The smallest absolute Gasteiger partial charge is 0.249 e. The second-order valence-electron chi connectivity index (χ2n) is 5.70. The molecular weight excluding hydrogens is 232 g/mol. The van der Waals surface area contributed by atoms with E-state index in [9.17, 15) is 14.7 Å². The summed E-state index contributed by atoms with van der Waals surface area (Å²) in [6.45, 7) is 7.07. The predicted octanol–water partition coefficient (Wildman–Crippen LogP) is 0.507. The Kier molecular flexibility index (Phi) is 4.73. The molecule has 18 heavy (non-hydrogen) atoms. The Bertz CT molecular complexity index is 320. The summed E-state index contributed by atoms with van der Waals surface area (Å²) in [5.41, 5.74) is 3.72. The zero-order chi connectivity index (χ0) is 13.9. The molecule has 2 amide bonds. The molecule has 5 heteroatoms. The van der Waals surface area contributed by atoms with Crippen LogP contribution in [0.2, 0.25) is 0 Å². The molecule has 0 bridgehead atoms. The van der Waals surface area contributed by atoms with Gasteiger partial charge in [0.1, 0.15) is 5.60 Å². The number of nitrogens with zero attached hydrogens (tertiary/aromatic N) is 1. The van der Waals surface area contributed by atoms with E-state index >= 15 is 0 Å². The van der Waals surface area contributed by atoms with Crippen LogP contribution >= 0.6 is 0 Å². The number of carbonyl (C=O) groups excluding carboxylic acids is 2. The van der Waals surface area contributed by atoms with Crippen LogP contribution in [-0.2, 0) is 9.59 Å². The lowest BCUT2D eigenvalue weighted by atomic mass is 9.89. The molecule has 0 radical (unpaired) electrons. The number of rotatable bonds is 4. The molecule has 1 atom stereocenters. The van der Waals surface area contributed by atoms with E-state index in [-0.39, 0.29) is 18.7 Å². The van der Waals surface area contributed by atoms with Crippen LogP contribution < -0.4 is 5.73 Å². The van der Waals surface area contributed by atoms with Gasteiger partial charge in [-0.15, -0.1) is 0 Å².